The van der Waals surface area contributed by atoms with Gasteiger partial charge in [-0.05, 0) is 66.4 Å². The number of amides is 4. The molecule has 0 N–H and O–H groups in total. The number of benzene rings is 4. The van der Waals surface area contributed by atoms with Crippen molar-refractivity contribution in [3.8, 4) is 0 Å². The van der Waals surface area contributed by atoms with Crippen LogP contribution in [0.3, 0.4) is 0 Å². The summed E-state index contributed by atoms with van der Waals surface area (Å²) < 4.78 is 0. The van der Waals surface area contributed by atoms with Gasteiger partial charge in [-0.3, -0.25) is 28.9 Å². The van der Waals surface area contributed by atoms with Crippen LogP contribution in [0.1, 0.15) is 94.3 Å². The SMILES string of the molecule is CCC(C)(c1ccc(N2C(=O)c3ccc(C(=O)c4ccc5c(c4)C(=O)N(C)C5=O)cc3C2=O)cc1)c1ccccc1C. The molecule has 0 fully saturated rings. The fourth-order valence-electron chi connectivity index (χ4n) is 6.01. The van der Waals surface area contributed by atoms with E-state index in [0.717, 1.165) is 21.8 Å². The van der Waals surface area contributed by atoms with Crippen molar-refractivity contribution in [3.05, 3.63) is 135 Å². The molecule has 0 spiro atoms. The van der Waals surface area contributed by atoms with Crippen molar-refractivity contribution in [1.29, 1.82) is 0 Å². The number of hydrogen-bond acceptors (Lipinski definition) is 5. The Balaban J connectivity index is 1.29. The summed E-state index contributed by atoms with van der Waals surface area (Å²) in [6.07, 6.45) is 0.867. The molecule has 2 heterocycles. The van der Waals surface area contributed by atoms with Crippen LogP contribution >= 0.6 is 0 Å². The molecule has 4 aromatic carbocycles. The maximum Gasteiger partial charge on any atom is 0.266 e. The first kappa shape index (κ1) is 27.0. The van der Waals surface area contributed by atoms with Crippen LogP contribution in [0.5, 0.6) is 0 Å². The Hall–Kier alpha value is -5.17. The average Bonchev–Trinajstić information content (AvgIpc) is 3.39. The minimum Gasteiger partial charge on any atom is -0.289 e. The second-order valence-corrected chi connectivity index (χ2v) is 11.0. The molecule has 0 radical (unpaired) electrons. The maximum absolute atomic E-state index is 13.5. The molecule has 1 unspecified atom stereocenters. The van der Waals surface area contributed by atoms with Crippen LogP contribution in [0.15, 0.2) is 84.9 Å². The van der Waals surface area contributed by atoms with Gasteiger partial charge in [0.25, 0.3) is 23.6 Å². The molecule has 0 bridgehead atoms. The lowest BCUT2D eigenvalue weighted by Crippen LogP contribution is -2.29. The van der Waals surface area contributed by atoms with E-state index < -0.39 is 29.4 Å². The molecule has 1 atom stereocenters. The quantitative estimate of drug-likeness (QED) is 0.216. The van der Waals surface area contributed by atoms with Crippen molar-refractivity contribution in [3.63, 3.8) is 0 Å². The third-order valence-electron chi connectivity index (χ3n) is 8.71. The van der Waals surface area contributed by atoms with Gasteiger partial charge in [0.15, 0.2) is 5.78 Å². The first-order valence-electron chi connectivity index (χ1n) is 13.8. The Morgan fingerprint density at radius 1 is 0.690 bits per heavy atom. The van der Waals surface area contributed by atoms with Crippen molar-refractivity contribution in [2.45, 2.75) is 32.6 Å². The van der Waals surface area contributed by atoms with E-state index >= 15 is 0 Å². The van der Waals surface area contributed by atoms with Crippen LogP contribution in [-0.4, -0.2) is 41.4 Å². The highest BCUT2D eigenvalue weighted by molar-refractivity contribution is 6.35. The minimum atomic E-state index is -0.508. The highest BCUT2D eigenvalue weighted by Gasteiger charge is 2.38. The third kappa shape index (κ3) is 3.92. The summed E-state index contributed by atoms with van der Waals surface area (Å²) in [5.74, 6) is -2.28. The summed E-state index contributed by atoms with van der Waals surface area (Å²) in [7, 11) is 1.39. The lowest BCUT2D eigenvalue weighted by molar-refractivity contribution is 0.0692. The van der Waals surface area contributed by atoms with Crippen molar-refractivity contribution in [2.75, 3.05) is 11.9 Å². The Bertz CT molecular complexity index is 1860. The zero-order chi connectivity index (χ0) is 29.9. The van der Waals surface area contributed by atoms with Gasteiger partial charge in [-0.15, -0.1) is 0 Å². The highest BCUT2D eigenvalue weighted by Crippen LogP contribution is 2.38. The first-order chi connectivity index (χ1) is 20.1. The summed E-state index contributed by atoms with van der Waals surface area (Å²) in [6, 6.07) is 24.5. The van der Waals surface area contributed by atoms with Gasteiger partial charge in [-0.25, -0.2) is 4.90 Å². The predicted octanol–water partition coefficient (Wildman–Crippen LogP) is 5.97. The highest BCUT2D eigenvalue weighted by atomic mass is 16.2. The van der Waals surface area contributed by atoms with E-state index in [-0.39, 0.29) is 38.8 Å². The van der Waals surface area contributed by atoms with Gasteiger partial charge in [-0.1, -0.05) is 62.4 Å². The van der Waals surface area contributed by atoms with E-state index in [2.05, 4.69) is 32.9 Å². The van der Waals surface area contributed by atoms with Gasteiger partial charge in [0.05, 0.1) is 27.9 Å². The second-order valence-electron chi connectivity index (χ2n) is 11.0. The number of imide groups is 2. The van der Waals surface area contributed by atoms with Crippen LogP contribution in [0, 0.1) is 6.92 Å². The topological polar surface area (TPSA) is 91.8 Å². The number of hydrogen-bond donors (Lipinski definition) is 0. The van der Waals surface area contributed by atoms with Gasteiger partial charge < -0.3 is 0 Å². The van der Waals surface area contributed by atoms with E-state index in [9.17, 15) is 24.0 Å². The van der Waals surface area contributed by atoms with Crippen molar-refractivity contribution in [2.24, 2.45) is 0 Å². The molecular formula is C35H28N2O5. The Kier molecular flexibility index (Phi) is 6.26. The van der Waals surface area contributed by atoms with Crippen LogP contribution < -0.4 is 4.90 Å². The molecule has 6 rings (SSSR count). The first-order valence-corrected chi connectivity index (χ1v) is 13.8. The molecule has 0 saturated heterocycles. The van der Waals surface area contributed by atoms with Crippen molar-refractivity contribution < 1.29 is 24.0 Å². The molecule has 2 aliphatic rings. The van der Waals surface area contributed by atoms with Gasteiger partial charge in [0.2, 0.25) is 0 Å². The van der Waals surface area contributed by atoms with Crippen LogP contribution in [0.4, 0.5) is 5.69 Å². The number of rotatable bonds is 6. The smallest absolute Gasteiger partial charge is 0.266 e. The molecule has 0 saturated carbocycles. The predicted molar refractivity (Wildman–Crippen MR) is 158 cm³/mol. The number of carbonyl (C=O) groups is 5. The van der Waals surface area contributed by atoms with Crippen LogP contribution in [0.25, 0.3) is 0 Å². The van der Waals surface area contributed by atoms with E-state index in [1.807, 2.05) is 24.3 Å². The average molecular weight is 557 g/mol. The number of anilines is 1. The minimum absolute atomic E-state index is 0.139. The van der Waals surface area contributed by atoms with Crippen LogP contribution in [0.2, 0.25) is 0 Å². The summed E-state index contributed by atoms with van der Waals surface area (Å²) in [5.41, 5.74) is 4.89. The number of aryl methyl sites for hydroxylation is 1. The Labute approximate surface area is 243 Å². The monoisotopic (exact) mass is 556 g/mol. The van der Waals surface area contributed by atoms with Crippen LogP contribution in [-0.2, 0) is 5.41 Å². The van der Waals surface area contributed by atoms with E-state index in [1.165, 1.54) is 54.6 Å². The molecule has 208 valence electrons. The number of fused-ring (bicyclic) bond motifs is 2. The largest absolute Gasteiger partial charge is 0.289 e. The molecule has 4 aromatic rings. The lowest BCUT2D eigenvalue weighted by Gasteiger charge is -2.31. The number of carbonyl (C=O) groups excluding carboxylic acids is 5. The standard InChI is InChI=1S/C35H28N2O5/c1-5-35(3,29-9-7-6-8-20(29)2)23-12-14-24(15-13-23)37-33(41)26-17-11-22(19-28(26)34(37)42)30(38)21-10-16-25-27(18-21)32(40)36(4)31(25)39/h6-19H,5H2,1-4H3. The summed E-state index contributed by atoms with van der Waals surface area (Å²) in [5, 5.41) is 0. The van der Waals surface area contributed by atoms with E-state index in [0.29, 0.717) is 5.69 Å². The summed E-state index contributed by atoms with van der Waals surface area (Å²) in [4.78, 5) is 66.9. The van der Waals surface area contributed by atoms with Gasteiger partial charge in [-0.2, -0.15) is 0 Å². The van der Waals surface area contributed by atoms with Crippen molar-refractivity contribution >= 4 is 35.1 Å². The fourth-order valence-corrected chi connectivity index (χ4v) is 6.01. The maximum atomic E-state index is 13.5. The van der Waals surface area contributed by atoms with E-state index in [1.54, 1.807) is 12.1 Å². The number of ketones is 1. The van der Waals surface area contributed by atoms with Gasteiger partial charge >= 0.3 is 0 Å². The van der Waals surface area contributed by atoms with E-state index in [4.69, 9.17) is 0 Å². The fraction of sp³-hybridized carbons (Fsp3) is 0.171. The lowest BCUT2D eigenvalue weighted by atomic mass is 9.72. The summed E-state index contributed by atoms with van der Waals surface area (Å²) in [6.45, 7) is 6.43. The Morgan fingerprint density at radius 3 is 1.81 bits per heavy atom. The molecule has 42 heavy (non-hydrogen) atoms. The Morgan fingerprint density at radius 2 is 1.21 bits per heavy atom. The molecule has 7 nitrogen and oxygen atoms in total. The molecular weight excluding hydrogens is 528 g/mol. The molecule has 4 amide bonds. The molecule has 0 aliphatic carbocycles. The normalized spacial score (nSPS) is 15.6. The third-order valence-corrected chi connectivity index (χ3v) is 8.71. The summed E-state index contributed by atoms with van der Waals surface area (Å²) >= 11 is 0. The molecule has 0 aromatic heterocycles. The molecule has 2 aliphatic heterocycles. The zero-order valence-corrected chi connectivity index (χ0v) is 23.7. The van der Waals surface area contributed by atoms with Gasteiger partial charge in [0.1, 0.15) is 0 Å². The second kappa shape index (κ2) is 9.73. The van der Waals surface area contributed by atoms with Gasteiger partial charge in [0, 0.05) is 23.6 Å². The number of nitrogens with zero attached hydrogens (tertiary/aromatic N) is 2. The van der Waals surface area contributed by atoms with Crippen molar-refractivity contribution in [1.82, 2.24) is 4.90 Å². The molecule has 7 heteroatoms. The zero-order valence-electron chi connectivity index (χ0n) is 23.7.